The third-order valence-corrected chi connectivity index (χ3v) is 7.77. The molecule has 1 atom stereocenters. The topological polar surface area (TPSA) is 81.2 Å². The van der Waals surface area contributed by atoms with Crippen molar-refractivity contribution in [2.24, 2.45) is 11.7 Å². The average molecular weight is 477 g/mol. The first kappa shape index (κ1) is 24.1. The minimum absolute atomic E-state index is 0.239. The number of anilines is 1. The molecule has 1 aliphatic carbocycles. The molecule has 188 valence electrons. The SMILES string of the molecule is COc1cc2c(nc1Cn1c(NC3CCN(CC(N)C(C)C)CC3)nc3ccccc31)CCCC2. The van der Waals surface area contributed by atoms with E-state index in [1.807, 2.05) is 0 Å². The lowest BCUT2D eigenvalue weighted by Gasteiger charge is -2.34. The Morgan fingerprint density at radius 2 is 1.89 bits per heavy atom. The highest BCUT2D eigenvalue weighted by molar-refractivity contribution is 5.78. The molecule has 0 amide bonds. The highest BCUT2D eigenvalue weighted by atomic mass is 16.5. The number of aryl methyl sites for hydroxylation is 2. The highest BCUT2D eigenvalue weighted by Crippen LogP contribution is 2.30. The molecule has 2 aromatic heterocycles. The molecule has 35 heavy (non-hydrogen) atoms. The third-order valence-electron chi connectivity index (χ3n) is 7.77. The van der Waals surface area contributed by atoms with Gasteiger partial charge in [0.2, 0.25) is 5.95 Å². The zero-order valence-electron chi connectivity index (χ0n) is 21.5. The summed E-state index contributed by atoms with van der Waals surface area (Å²) >= 11 is 0. The number of nitrogens with two attached hydrogens (primary N) is 1. The van der Waals surface area contributed by atoms with Crippen LogP contribution in [0.5, 0.6) is 5.75 Å². The van der Waals surface area contributed by atoms with Crippen molar-refractivity contribution in [1.29, 1.82) is 0 Å². The maximum Gasteiger partial charge on any atom is 0.204 e. The van der Waals surface area contributed by atoms with E-state index in [0.29, 0.717) is 18.5 Å². The molecule has 7 nitrogen and oxygen atoms in total. The summed E-state index contributed by atoms with van der Waals surface area (Å²) in [5, 5.41) is 3.78. The Morgan fingerprint density at radius 3 is 2.66 bits per heavy atom. The van der Waals surface area contributed by atoms with E-state index in [1.54, 1.807) is 7.11 Å². The van der Waals surface area contributed by atoms with Crippen LogP contribution in [0, 0.1) is 5.92 Å². The Balaban J connectivity index is 1.36. The molecule has 5 rings (SSSR count). The number of methoxy groups -OCH3 is 1. The van der Waals surface area contributed by atoms with E-state index in [1.165, 1.54) is 24.1 Å². The molecule has 7 heteroatoms. The van der Waals surface area contributed by atoms with Gasteiger partial charge >= 0.3 is 0 Å². The molecule has 1 aromatic carbocycles. The van der Waals surface area contributed by atoms with Crippen LogP contribution in [0.25, 0.3) is 11.0 Å². The number of nitrogens with zero attached hydrogens (tertiary/aromatic N) is 4. The fourth-order valence-corrected chi connectivity index (χ4v) is 5.39. The van der Waals surface area contributed by atoms with Crippen molar-refractivity contribution < 1.29 is 4.74 Å². The first-order chi connectivity index (χ1) is 17.0. The molecule has 0 spiro atoms. The number of likely N-dealkylation sites (tertiary alicyclic amines) is 1. The fourth-order valence-electron chi connectivity index (χ4n) is 5.39. The van der Waals surface area contributed by atoms with Crippen molar-refractivity contribution in [2.75, 3.05) is 32.1 Å². The lowest BCUT2D eigenvalue weighted by molar-refractivity contribution is 0.194. The largest absolute Gasteiger partial charge is 0.495 e. The Morgan fingerprint density at radius 1 is 1.11 bits per heavy atom. The number of piperidine rings is 1. The summed E-state index contributed by atoms with van der Waals surface area (Å²) in [4.78, 5) is 12.6. The summed E-state index contributed by atoms with van der Waals surface area (Å²) in [6, 6.07) is 11.2. The van der Waals surface area contributed by atoms with Crippen LogP contribution in [-0.2, 0) is 19.4 Å². The van der Waals surface area contributed by atoms with Gasteiger partial charge in [-0.1, -0.05) is 26.0 Å². The lowest BCUT2D eigenvalue weighted by Crippen LogP contribution is -2.46. The van der Waals surface area contributed by atoms with Gasteiger partial charge < -0.3 is 25.3 Å². The minimum atomic E-state index is 0.239. The number of fused-ring (bicyclic) bond motifs is 2. The van der Waals surface area contributed by atoms with Gasteiger partial charge in [0, 0.05) is 37.4 Å². The van der Waals surface area contributed by atoms with Gasteiger partial charge in [0.05, 0.1) is 24.7 Å². The number of aromatic nitrogens is 3. The molecule has 1 aliphatic heterocycles. The third kappa shape index (κ3) is 5.31. The van der Waals surface area contributed by atoms with Crippen molar-refractivity contribution >= 4 is 17.0 Å². The predicted octanol–water partition coefficient (Wildman–Crippen LogP) is 4.23. The summed E-state index contributed by atoms with van der Waals surface area (Å²) < 4.78 is 8.06. The molecule has 3 N–H and O–H groups in total. The molecule has 0 radical (unpaired) electrons. The molecule has 3 aromatic rings. The number of benzene rings is 1. The van der Waals surface area contributed by atoms with Crippen LogP contribution in [0.1, 0.15) is 56.5 Å². The number of hydrogen-bond donors (Lipinski definition) is 2. The summed E-state index contributed by atoms with van der Waals surface area (Å²) in [5.74, 6) is 2.31. The number of nitrogens with one attached hydrogen (secondary N) is 1. The number of rotatable bonds is 8. The van der Waals surface area contributed by atoms with Crippen molar-refractivity contribution in [3.05, 3.63) is 47.3 Å². The van der Waals surface area contributed by atoms with Gasteiger partial charge in [-0.3, -0.25) is 4.98 Å². The maximum absolute atomic E-state index is 6.32. The van der Waals surface area contributed by atoms with E-state index in [9.17, 15) is 0 Å². The predicted molar refractivity (Wildman–Crippen MR) is 142 cm³/mol. The molecule has 3 heterocycles. The van der Waals surface area contributed by atoms with E-state index in [0.717, 1.165) is 73.7 Å². The van der Waals surface area contributed by atoms with Gasteiger partial charge in [0.15, 0.2) is 0 Å². The van der Waals surface area contributed by atoms with Gasteiger partial charge in [-0.15, -0.1) is 0 Å². The number of ether oxygens (including phenoxy) is 1. The molecule has 1 fully saturated rings. The lowest BCUT2D eigenvalue weighted by atomic mass is 9.95. The Hall–Kier alpha value is -2.64. The van der Waals surface area contributed by atoms with Crippen molar-refractivity contribution in [3.63, 3.8) is 0 Å². The number of hydrogen-bond acceptors (Lipinski definition) is 6. The molecule has 1 unspecified atom stereocenters. The van der Waals surface area contributed by atoms with Gasteiger partial charge in [-0.05, 0) is 68.2 Å². The minimum Gasteiger partial charge on any atom is -0.495 e. The van der Waals surface area contributed by atoms with Crippen LogP contribution in [-0.4, -0.2) is 58.3 Å². The maximum atomic E-state index is 6.32. The van der Waals surface area contributed by atoms with Crippen LogP contribution < -0.4 is 15.8 Å². The Kier molecular flexibility index (Phi) is 7.25. The number of imidazole rings is 1. The van der Waals surface area contributed by atoms with Gasteiger partial charge in [0.1, 0.15) is 11.4 Å². The van der Waals surface area contributed by atoms with Crippen molar-refractivity contribution in [3.8, 4) is 5.75 Å². The quantitative estimate of drug-likeness (QED) is 0.507. The summed E-state index contributed by atoms with van der Waals surface area (Å²) in [6.45, 7) is 8.16. The van der Waals surface area contributed by atoms with Gasteiger partial charge in [-0.2, -0.15) is 0 Å². The Bertz CT molecular complexity index is 1150. The highest BCUT2D eigenvalue weighted by Gasteiger charge is 2.24. The average Bonchev–Trinajstić information content (AvgIpc) is 3.21. The van der Waals surface area contributed by atoms with Crippen LogP contribution in [0.15, 0.2) is 30.3 Å². The summed E-state index contributed by atoms with van der Waals surface area (Å²) in [7, 11) is 1.75. The van der Waals surface area contributed by atoms with Crippen LogP contribution in [0.2, 0.25) is 0 Å². The number of pyridine rings is 1. The van der Waals surface area contributed by atoms with Gasteiger partial charge in [-0.25, -0.2) is 4.98 Å². The second kappa shape index (κ2) is 10.5. The normalized spacial score (nSPS) is 18.1. The van der Waals surface area contributed by atoms with Crippen molar-refractivity contribution in [2.45, 2.75) is 71.0 Å². The zero-order chi connectivity index (χ0) is 24.4. The smallest absolute Gasteiger partial charge is 0.204 e. The molecule has 0 saturated carbocycles. The second-order valence-electron chi connectivity index (χ2n) is 10.6. The van der Waals surface area contributed by atoms with Crippen LogP contribution >= 0.6 is 0 Å². The Labute approximate surface area is 209 Å². The first-order valence-electron chi connectivity index (χ1n) is 13.3. The molecular weight excluding hydrogens is 436 g/mol. The summed E-state index contributed by atoms with van der Waals surface area (Å²) in [5.41, 5.74) is 12.0. The van der Waals surface area contributed by atoms with Gasteiger partial charge in [0.25, 0.3) is 0 Å². The molecule has 2 aliphatic rings. The van der Waals surface area contributed by atoms with Crippen molar-refractivity contribution in [1.82, 2.24) is 19.4 Å². The number of para-hydroxylation sites is 2. The first-order valence-corrected chi connectivity index (χ1v) is 13.3. The standard InChI is InChI=1S/C28H40N6O/c1-19(2)22(29)17-33-14-12-21(13-15-33)30-28-32-24-10-6-7-11-26(24)34(28)18-25-27(35-3)16-20-8-4-5-9-23(20)31-25/h6-7,10-11,16,19,21-22H,4-5,8-9,12-15,17-18,29H2,1-3H3,(H,30,32). The van der Waals surface area contributed by atoms with E-state index >= 15 is 0 Å². The fraction of sp³-hybridized carbons (Fsp3) is 0.571. The van der Waals surface area contributed by atoms with E-state index < -0.39 is 0 Å². The van der Waals surface area contributed by atoms with E-state index in [2.05, 4.69) is 59.0 Å². The molecule has 1 saturated heterocycles. The zero-order valence-corrected chi connectivity index (χ0v) is 21.5. The monoisotopic (exact) mass is 476 g/mol. The second-order valence-corrected chi connectivity index (χ2v) is 10.6. The molecular formula is C28H40N6O. The summed E-state index contributed by atoms with van der Waals surface area (Å²) in [6.07, 6.45) is 6.79. The van der Waals surface area contributed by atoms with Crippen LogP contribution in [0.4, 0.5) is 5.95 Å². The van der Waals surface area contributed by atoms with E-state index in [4.69, 9.17) is 20.4 Å². The van der Waals surface area contributed by atoms with Crippen LogP contribution in [0.3, 0.4) is 0 Å². The van der Waals surface area contributed by atoms with E-state index in [-0.39, 0.29) is 6.04 Å². The molecule has 0 bridgehead atoms.